The van der Waals surface area contributed by atoms with Gasteiger partial charge in [0.25, 0.3) is 0 Å². The lowest BCUT2D eigenvalue weighted by Gasteiger charge is -2.39. The van der Waals surface area contributed by atoms with Gasteiger partial charge >= 0.3 is 0 Å². The van der Waals surface area contributed by atoms with Gasteiger partial charge in [-0.05, 0) is 24.5 Å². The molecule has 136 valence electrons. The third kappa shape index (κ3) is 3.95. The largest absolute Gasteiger partial charge is 0.355 e. The molecular weight excluding hydrogens is 356 g/mol. The first-order valence-electron chi connectivity index (χ1n) is 8.80. The minimum absolute atomic E-state index is 0.0296. The van der Waals surface area contributed by atoms with E-state index in [2.05, 4.69) is 20.2 Å². The highest BCUT2D eigenvalue weighted by Gasteiger charge is 2.33. The van der Waals surface area contributed by atoms with Gasteiger partial charge in [-0.2, -0.15) is 0 Å². The van der Waals surface area contributed by atoms with Crippen molar-refractivity contribution in [2.24, 2.45) is 5.92 Å². The first-order chi connectivity index (χ1) is 13.2. The maximum absolute atomic E-state index is 12.5. The highest BCUT2D eigenvalue weighted by molar-refractivity contribution is 7.98. The predicted molar refractivity (Wildman–Crippen MR) is 110 cm³/mol. The van der Waals surface area contributed by atoms with Crippen molar-refractivity contribution in [3.63, 3.8) is 0 Å². The first kappa shape index (κ1) is 17.5. The second-order valence-corrected chi connectivity index (χ2v) is 7.33. The number of thioether (sulfide) groups is 1. The number of anilines is 2. The van der Waals surface area contributed by atoms with Crippen LogP contribution in [-0.2, 0) is 4.79 Å². The number of benzene rings is 2. The Kier molecular flexibility index (Phi) is 5.07. The van der Waals surface area contributed by atoms with Crippen molar-refractivity contribution in [2.75, 3.05) is 29.6 Å². The zero-order valence-electron chi connectivity index (χ0n) is 15.0. The summed E-state index contributed by atoms with van der Waals surface area (Å²) < 4.78 is 0. The van der Waals surface area contributed by atoms with Crippen molar-refractivity contribution in [1.82, 2.24) is 9.97 Å². The van der Waals surface area contributed by atoms with Crippen LogP contribution in [0, 0.1) is 5.92 Å². The molecule has 0 unspecified atom stereocenters. The molecular formula is C21H20N4OS. The van der Waals surface area contributed by atoms with Crippen molar-refractivity contribution >= 4 is 29.2 Å². The number of carbonyl (C=O) groups excluding carboxylic acids is 1. The standard InChI is InChI=1S/C21H20N4OS/c1-27-18-9-5-8-17(10-18)24-21(26)16-12-25(13-16)20-11-19(22-14-23-20)15-6-3-2-4-7-15/h2-11,14,16H,12-13H2,1H3,(H,24,26). The lowest BCUT2D eigenvalue weighted by Crippen LogP contribution is -2.52. The zero-order valence-corrected chi connectivity index (χ0v) is 15.8. The molecule has 0 radical (unpaired) electrons. The fourth-order valence-electron chi connectivity index (χ4n) is 3.06. The molecule has 0 aliphatic carbocycles. The van der Waals surface area contributed by atoms with E-state index in [0.29, 0.717) is 13.1 Å². The quantitative estimate of drug-likeness (QED) is 0.684. The Hall–Kier alpha value is -2.86. The summed E-state index contributed by atoms with van der Waals surface area (Å²) in [4.78, 5) is 24.5. The molecule has 0 saturated carbocycles. The van der Waals surface area contributed by atoms with Crippen molar-refractivity contribution in [3.8, 4) is 11.3 Å². The molecule has 1 amide bonds. The number of hydrogen-bond donors (Lipinski definition) is 1. The minimum Gasteiger partial charge on any atom is -0.355 e. The van der Waals surface area contributed by atoms with E-state index >= 15 is 0 Å². The van der Waals surface area contributed by atoms with Crippen LogP contribution < -0.4 is 10.2 Å². The number of carbonyl (C=O) groups is 1. The highest BCUT2D eigenvalue weighted by Crippen LogP contribution is 2.27. The normalized spacial score (nSPS) is 13.9. The summed E-state index contributed by atoms with van der Waals surface area (Å²) in [6, 6.07) is 19.9. The van der Waals surface area contributed by atoms with E-state index in [9.17, 15) is 4.79 Å². The molecule has 1 aliphatic heterocycles. The Morgan fingerprint density at radius 1 is 1.07 bits per heavy atom. The van der Waals surface area contributed by atoms with Crippen LogP contribution in [-0.4, -0.2) is 35.2 Å². The number of hydrogen-bond acceptors (Lipinski definition) is 5. The zero-order chi connectivity index (χ0) is 18.6. The highest BCUT2D eigenvalue weighted by atomic mass is 32.2. The SMILES string of the molecule is CSc1cccc(NC(=O)C2CN(c3cc(-c4ccccc4)ncn3)C2)c1. The van der Waals surface area contributed by atoms with Crippen LogP contribution in [0.4, 0.5) is 11.5 Å². The summed E-state index contributed by atoms with van der Waals surface area (Å²) in [5.41, 5.74) is 2.80. The van der Waals surface area contributed by atoms with Crippen LogP contribution in [0.25, 0.3) is 11.3 Å². The van der Waals surface area contributed by atoms with Crippen LogP contribution in [0.15, 0.2) is 71.9 Å². The number of aromatic nitrogens is 2. The molecule has 4 rings (SSSR count). The van der Waals surface area contributed by atoms with E-state index in [1.807, 2.05) is 66.9 Å². The third-order valence-electron chi connectivity index (χ3n) is 4.64. The molecule has 1 saturated heterocycles. The Bertz CT molecular complexity index is 942. The average molecular weight is 376 g/mol. The van der Waals surface area contributed by atoms with Crippen molar-refractivity contribution in [1.29, 1.82) is 0 Å². The van der Waals surface area contributed by atoms with Gasteiger partial charge in [-0.3, -0.25) is 4.79 Å². The monoisotopic (exact) mass is 376 g/mol. The summed E-state index contributed by atoms with van der Waals surface area (Å²) in [7, 11) is 0. The predicted octanol–water partition coefficient (Wildman–Crippen LogP) is 3.94. The molecule has 0 atom stereocenters. The molecule has 5 nitrogen and oxygen atoms in total. The molecule has 2 heterocycles. The van der Waals surface area contributed by atoms with Crippen LogP contribution in [0.5, 0.6) is 0 Å². The van der Waals surface area contributed by atoms with Gasteiger partial charge in [-0.1, -0.05) is 36.4 Å². The van der Waals surface area contributed by atoms with E-state index < -0.39 is 0 Å². The van der Waals surface area contributed by atoms with Crippen LogP contribution in [0.2, 0.25) is 0 Å². The Morgan fingerprint density at radius 2 is 1.89 bits per heavy atom. The second kappa shape index (κ2) is 7.80. The van der Waals surface area contributed by atoms with Gasteiger partial charge in [0.05, 0.1) is 11.6 Å². The van der Waals surface area contributed by atoms with Gasteiger partial charge in [0, 0.05) is 35.3 Å². The molecule has 0 spiro atoms. The van der Waals surface area contributed by atoms with Crippen molar-refractivity contribution < 1.29 is 4.79 Å². The topological polar surface area (TPSA) is 58.1 Å². The Labute approximate surface area is 162 Å². The lowest BCUT2D eigenvalue weighted by atomic mass is 9.99. The molecule has 6 heteroatoms. The Balaban J connectivity index is 1.38. The van der Waals surface area contributed by atoms with E-state index in [0.717, 1.165) is 27.7 Å². The molecule has 1 N–H and O–H groups in total. The second-order valence-electron chi connectivity index (χ2n) is 6.45. The van der Waals surface area contributed by atoms with Gasteiger partial charge in [0.2, 0.25) is 5.91 Å². The molecule has 1 aliphatic rings. The molecule has 27 heavy (non-hydrogen) atoms. The number of nitrogens with zero attached hydrogens (tertiary/aromatic N) is 3. The first-order valence-corrected chi connectivity index (χ1v) is 10.0. The van der Waals surface area contributed by atoms with Gasteiger partial charge in [-0.25, -0.2) is 9.97 Å². The summed E-state index contributed by atoms with van der Waals surface area (Å²) in [5.74, 6) is 0.886. The molecule has 3 aromatic rings. The lowest BCUT2D eigenvalue weighted by molar-refractivity contribution is -0.120. The summed E-state index contributed by atoms with van der Waals surface area (Å²) >= 11 is 1.66. The third-order valence-corrected chi connectivity index (χ3v) is 5.36. The van der Waals surface area contributed by atoms with E-state index in [4.69, 9.17) is 0 Å². The number of amides is 1. The van der Waals surface area contributed by atoms with Gasteiger partial charge in [-0.15, -0.1) is 11.8 Å². The fourth-order valence-corrected chi connectivity index (χ4v) is 3.52. The minimum atomic E-state index is -0.0296. The maximum Gasteiger partial charge on any atom is 0.231 e. The molecule has 1 fully saturated rings. The average Bonchev–Trinajstić information content (AvgIpc) is 2.68. The van der Waals surface area contributed by atoms with Crippen LogP contribution >= 0.6 is 11.8 Å². The summed E-state index contributed by atoms with van der Waals surface area (Å²) in [5, 5.41) is 3.02. The van der Waals surface area contributed by atoms with Gasteiger partial charge in [0.1, 0.15) is 12.1 Å². The smallest absolute Gasteiger partial charge is 0.231 e. The van der Waals surface area contributed by atoms with Crippen molar-refractivity contribution in [2.45, 2.75) is 4.90 Å². The maximum atomic E-state index is 12.5. The summed E-state index contributed by atoms with van der Waals surface area (Å²) in [6.45, 7) is 1.33. The van der Waals surface area contributed by atoms with E-state index in [-0.39, 0.29) is 11.8 Å². The van der Waals surface area contributed by atoms with E-state index in [1.54, 1.807) is 18.1 Å². The van der Waals surface area contributed by atoms with Gasteiger partial charge in [0.15, 0.2) is 0 Å². The van der Waals surface area contributed by atoms with E-state index in [1.165, 1.54) is 0 Å². The van der Waals surface area contributed by atoms with Crippen LogP contribution in [0.3, 0.4) is 0 Å². The number of rotatable bonds is 5. The number of nitrogens with one attached hydrogen (secondary N) is 1. The molecule has 1 aromatic heterocycles. The van der Waals surface area contributed by atoms with Gasteiger partial charge < -0.3 is 10.2 Å². The molecule has 2 aromatic carbocycles. The van der Waals surface area contributed by atoms with Crippen molar-refractivity contribution in [3.05, 3.63) is 67.0 Å². The molecule has 0 bridgehead atoms. The summed E-state index contributed by atoms with van der Waals surface area (Å²) in [6.07, 6.45) is 3.61. The Morgan fingerprint density at radius 3 is 2.67 bits per heavy atom. The van der Waals surface area contributed by atoms with Crippen LogP contribution in [0.1, 0.15) is 0 Å². The fraction of sp³-hybridized carbons (Fsp3) is 0.190.